The molecule has 1 N–H and O–H groups in total. The first-order chi connectivity index (χ1) is 9.81. The summed E-state index contributed by atoms with van der Waals surface area (Å²) in [6, 6.07) is 3.37. The van der Waals surface area contributed by atoms with Crippen molar-refractivity contribution < 1.29 is 14.3 Å². The van der Waals surface area contributed by atoms with Crippen LogP contribution in [0.15, 0.2) is 29.9 Å². The Bertz CT molecular complexity index is 565. The SMILES string of the molecule is O=C(Nc1nccs1)c1ccc(O[C@@H]2CCOC2)nc1. The van der Waals surface area contributed by atoms with E-state index in [-0.39, 0.29) is 12.0 Å². The number of carbonyl (C=O) groups excluding carboxylic acids is 1. The molecule has 0 aliphatic carbocycles. The van der Waals surface area contributed by atoms with E-state index in [2.05, 4.69) is 15.3 Å². The Morgan fingerprint density at radius 3 is 3.05 bits per heavy atom. The van der Waals surface area contributed by atoms with Gasteiger partial charge in [-0.3, -0.25) is 10.1 Å². The summed E-state index contributed by atoms with van der Waals surface area (Å²) in [7, 11) is 0. The average molecular weight is 291 g/mol. The molecule has 1 aliphatic heterocycles. The van der Waals surface area contributed by atoms with Gasteiger partial charge in [0, 0.05) is 30.3 Å². The van der Waals surface area contributed by atoms with Gasteiger partial charge in [0.05, 0.1) is 18.8 Å². The van der Waals surface area contributed by atoms with E-state index in [4.69, 9.17) is 9.47 Å². The zero-order valence-corrected chi connectivity index (χ0v) is 11.4. The largest absolute Gasteiger partial charge is 0.472 e. The fraction of sp³-hybridized carbons (Fsp3) is 0.308. The smallest absolute Gasteiger partial charge is 0.259 e. The average Bonchev–Trinajstić information content (AvgIpc) is 3.13. The van der Waals surface area contributed by atoms with Gasteiger partial charge in [-0.2, -0.15) is 0 Å². The molecule has 1 fully saturated rings. The molecule has 104 valence electrons. The second kappa shape index (κ2) is 5.98. The van der Waals surface area contributed by atoms with Crippen LogP contribution < -0.4 is 10.1 Å². The molecule has 0 bridgehead atoms. The monoisotopic (exact) mass is 291 g/mol. The van der Waals surface area contributed by atoms with Gasteiger partial charge in [0.15, 0.2) is 5.13 Å². The highest BCUT2D eigenvalue weighted by atomic mass is 32.1. The van der Waals surface area contributed by atoms with Gasteiger partial charge in [-0.05, 0) is 6.07 Å². The van der Waals surface area contributed by atoms with E-state index >= 15 is 0 Å². The molecular weight excluding hydrogens is 278 g/mol. The third kappa shape index (κ3) is 3.12. The molecular formula is C13H13N3O3S. The molecule has 0 radical (unpaired) electrons. The Balaban J connectivity index is 1.61. The lowest BCUT2D eigenvalue weighted by atomic mass is 10.2. The van der Waals surface area contributed by atoms with Crippen LogP contribution >= 0.6 is 11.3 Å². The number of hydrogen-bond donors (Lipinski definition) is 1. The molecule has 2 aromatic rings. The summed E-state index contributed by atoms with van der Waals surface area (Å²) >= 11 is 1.37. The van der Waals surface area contributed by atoms with Crippen LogP contribution in [-0.2, 0) is 4.74 Å². The van der Waals surface area contributed by atoms with E-state index in [1.54, 1.807) is 23.7 Å². The Kier molecular flexibility index (Phi) is 3.89. The number of anilines is 1. The Labute approximate surface area is 119 Å². The predicted octanol–water partition coefficient (Wildman–Crippen LogP) is 1.96. The first-order valence-corrected chi connectivity index (χ1v) is 7.10. The molecule has 1 amide bonds. The van der Waals surface area contributed by atoms with Gasteiger partial charge < -0.3 is 9.47 Å². The van der Waals surface area contributed by atoms with E-state index in [1.165, 1.54) is 17.5 Å². The molecule has 0 aromatic carbocycles. The number of amides is 1. The van der Waals surface area contributed by atoms with Crippen molar-refractivity contribution in [3.8, 4) is 5.88 Å². The molecule has 3 rings (SSSR count). The second-order valence-corrected chi connectivity index (χ2v) is 5.17. The number of aromatic nitrogens is 2. The molecule has 3 heterocycles. The standard InChI is InChI=1S/C13H13N3O3S/c17-12(16-13-14-4-6-20-13)9-1-2-11(15-7-9)19-10-3-5-18-8-10/h1-2,4,6-7,10H,3,5,8H2,(H,14,16,17)/t10-/m1/s1. The van der Waals surface area contributed by atoms with Crippen LogP contribution in [0.25, 0.3) is 0 Å². The number of hydrogen-bond acceptors (Lipinski definition) is 6. The Hall–Kier alpha value is -1.99. The van der Waals surface area contributed by atoms with Crippen molar-refractivity contribution in [1.29, 1.82) is 0 Å². The van der Waals surface area contributed by atoms with Crippen LogP contribution in [0.1, 0.15) is 16.8 Å². The van der Waals surface area contributed by atoms with Crippen LogP contribution in [0.5, 0.6) is 5.88 Å². The molecule has 7 heteroatoms. The van der Waals surface area contributed by atoms with Crippen LogP contribution in [-0.4, -0.2) is 35.2 Å². The first kappa shape index (κ1) is 13.0. The third-order valence-corrected chi connectivity index (χ3v) is 3.52. The summed E-state index contributed by atoms with van der Waals surface area (Å²) in [5, 5.41) is 5.07. The normalized spacial score (nSPS) is 17.9. The van der Waals surface area contributed by atoms with Crippen molar-refractivity contribution >= 4 is 22.4 Å². The number of nitrogens with zero attached hydrogens (tertiary/aromatic N) is 2. The molecule has 1 saturated heterocycles. The topological polar surface area (TPSA) is 73.3 Å². The van der Waals surface area contributed by atoms with Crippen molar-refractivity contribution in [3.63, 3.8) is 0 Å². The van der Waals surface area contributed by atoms with Crippen LogP contribution in [0.2, 0.25) is 0 Å². The van der Waals surface area contributed by atoms with Gasteiger partial charge in [-0.15, -0.1) is 11.3 Å². The Morgan fingerprint density at radius 2 is 2.40 bits per heavy atom. The van der Waals surface area contributed by atoms with E-state index in [9.17, 15) is 4.79 Å². The minimum Gasteiger partial charge on any atom is -0.472 e. The van der Waals surface area contributed by atoms with Gasteiger partial charge in [0.1, 0.15) is 6.10 Å². The molecule has 1 atom stereocenters. The fourth-order valence-corrected chi connectivity index (χ4v) is 2.34. The van der Waals surface area contributed by atoms with Crippen molar-refractivity contribution in [2.24, 2.45) is 0 Å². The highest BCUT2D eigenvalue weighted by molar-refractivity contribution is 7.13. The molecule has 0 saturated carbocycles. The number of carbonyl (C=O) groups is 1. The summed E-state index contributed by atoms with van der Waals surface area (Å²) in [5.41, 5.74) is 0.468. The maximum atomic E-state index is 11.9. The van der Waals surface area contributed by atoms with Crippen molar-refractivity contribution in [2.75, 3.05) is 18.5 Å². The minimum atomic E-state index is -0.233. The van der Waals surface area contributed by atoms with Gasteiger partial charge >= 0.3 is 0 Å². The molecule has 0 unspecified atom stereocenters. The first-order valence-electron chi connectivity index (χ1n) is 6.22. The predicted molar refractivity (Wildman–Crippen MR) is 74.2 cm³/mol. The van der Waals surface area contributed by atoms with E-state index < -0.39 is 0 Å². The van der Waals surface area contributed by atoms with Gasteiger partial charge in [-0.25, -0.2) is 9.97 Å². The number of thiazole rings is 1. The lowest BCUT2D eigenvalue weighted by molar-refractivity contribution is 0.102. The van der Waals surface area contributed by atoms with E-state index in [1.807, 2.05) is 0 Å². The highest BCUT2D eigenvalue weighted by Gasteiger charge is 2.17. The maximum Gasteiger partial charge on any atom is 0.259 e. The summed E-state index contributed by atoms with van der Waals surface area (Å²) in [5.74, 6) is 0.273. The number of pyridine rings is 1. The lowest BCUT2D eigenvalue weighted by Gasteiger charge is -2.10. The van der Waals surface area contributed by atoms with Crippen molar-refractivity contribution in [2.45, 2.75) is 12.5 Å². The zero-order chi connectivity index (χ0) is 13.8. The maximum absolute atomic E-state index is 11.9. The number of rotatable bonds is 4. The number of ether oxygens (including phenoxy) is 2. The van der Waals surface area contributed by atoms with Gasteiger partial charge in [-0.1, -0.05) is 0 Å². The molecule has 0 spiro atoms. The minimum absolute atomic E-state index is 0.0532. The highest BCUT2D eigenvalue weighted by Crippen LogP contribution is 2.16. The summed E-state index contributed by atoms with van der Waals surface area (Å²) in [6.07, 6.45) is 4.05. The molecule has 6 nitrogen and oxygen atoms in total. The Morgan fingerprint density at radius 1 is 1.45 bits per heavy atom. The number of nitrogens with one attached hydrogen (secondary N) is 1. The summed E-state index contributed by atoms with van der Waals surface area (Å²) in [6.45, 7) is 1.31. The molecule has 20 heavy (non-hydrogen) atoms. The fourth-order valence-electron chi connectivity index (χ4n) is 1.82. The van der Waals surface area contributed by atoms with E-state index in [0.717, 1.165) is 13.0 Å². The van der Waals surface area contributed by atoms with Crippen LogP contribution in [0, 0.1) is 0 Å². The van der Waals surface area contributed by atoms with Gasteiger partial charge in [0.2, 0.25) is 5.88 Å². The van der Waals surface area contributed by atoms with Crippen molar-refractivity contribution in [3.05, 3.63) is 35.5 Å². The van der Waals surface area contributed by atoms with Crippen molar-refractivity contribution in [1.82, 2.24) is 9.97 Å². The third-order valence-electron chi connectivity index (χ3n) is 2.83. The molecule has 1 aliphatic rings. The van der Waals surface area contributed by atoms with Crippen LogP contribution in [0.3, 0.4) is 0 Å². The quantitative estimate of drug-likeness (QED) is 0.932. The molecule has 2 aromatic heterocycles. The lowest BCUT2D eigenvalue weighted by Crippen LogP contribution is -2.17. The zero-order valence-electron chi connectivity index (χ0n) is 10.6. The second-order valence-electron chi connectivity index (χ2n) is 4.28. The van der Waals surface area contributed by atoms with Gasteiger partial charge in [0.25, 0.3) is 5.91 Å². The van der Waals surface area contributed by atoms with Crippen LogP contribution in [0.4, 0.5) is 5.13 Å². The summed E-state index contributed by atoms with van der Waals surface area (Å²) in [4.78, 5) is 20.1. The van der Waals surface area contributed by atoms with E-state index in [0.29, 0.717) is 23.2 Å². The summed E-state index contributed by atoms with van der Waals surface area (Å²) < 4.78 is 10.9.